The Morgan fingerprint density at radius 2 is 1.86 bits per heavy atom. The largest absolute Gasteiger partial charge is 0.399 e. The first kappa shape index (κ1) is 21.1. The average Bonchev–Trinajstić information content (AvgIpc) is 2.74. The van der Waals surface area contributed by atoms with Crippen molar-refractivity contribution in [2.75, 3.05) is 26.2 Å². The van der Waals surface area contributed by atoms with E-state index in [0.717, 1.165) is 24.2 Å². The van der Waals surface area contributed by atoms with E-state index in [0.29, 0.717) is 6.54 Å². The number of nitrogens with two attached hydrogens (primary N) is 1. The molecule has 1 aliphatic heterocycles. The third-order valence-corrected chi connectivity index (χ3v) is 5.25. The van der Waals surface area contributed by atoms with Crippen LogP contribution in [0.5, 0.6) is 0 Å². The van der Waals surface area contributed by atoms with Crippen LogP contribution in [0.15, 0.2) is 47.4 Å². The number of pyridine rings is 1. The van der Waals surface area contributed by atoms with E-state index in [1.807, 2.05) is 18.2 Å². The summed E-state index contributed by atoms with van der Waals surface area (Å²) in [5, 5.41) is 37.1. The quantitative estimate of drug-likeness (QED) is 0.804. The molecule has 2 aliphatic rings. The number of fused-ring (bicyclic) bond motifs is 1. The average molecular weight is 376 g/mol. The molecule has 3 rings (SSSR count). The van der Waals surface area contributed by atoms with Crippen LogP contribution in [0, 0.1) is 45.3 Å². The molecule has 2 heterocycles. The number of aliphatic hydroxyl groups is 1. The van der Waals surface area contributed by atoms with Crippen LogP contribution in [-0.4, -0.2) is 41.2 Å². The molecule has 0 aromatic carbocycles. The van der Waals surface area contributed by atoms with Gasteiger partial charge in [0, 0.05) is 43.9 Å². The van der Waals surface area contributed by atoms with E-state index in [9.17, 15) is 15.8 Å². The van der Waals surface area contributed by atoms with Crippen molar-refractivity contribution in [1.29, 1.82) is 15.8 Å². The molecule has 0 saturated carbocycles. The molecule has 0 amide bonds. The number of rotatable bonds is 2. The van der Waals surface area contributed by atoms with E-state index >= 15 is 0 Å². The molecule has 144 valence electrons. The fraction of sp³-hybridized carbons (Fsp3) is 0.429. The predicted octanol–water partition coefficient (Wildman–Crippen LogP) is 1.83. The smallest absolute Gasteiger partial charge is 0.191 e. The molecule has 2 unspecified atom stereocenters. The molecular formula is C21H24N6O. The first-order chi connectivity index (χ1) is 13.5. The van der Waals surface area contributed by atoms with Crippen LogP contribution in [0.4, 0.5) is 0 Å². The minimum absolute atomic E-state index is 0.0641. The molecule has 1 aromatic rings. The highest BCUT2D eigenvalue weighted by Gasteiger charge is 2.54. The number of likely N-dealkylation sites (N-methyl/N-ethyl adjacent to an activating group) is 1. The van der Waals surface area contributed by atoms with Gasteiger partial charge in [-0.25, -0.2) is 0 Å². The summed E-state index contributed by atoms with van der Waals surface area (Å²) in [4.78, 5) is 6.27. The van der Waals surface area contributed by atoms with Gasteiger partial charge >= 0.3 is 0 Å². The number of aromatic nitrogens is 1. The van der Waals surface area contributed by atoms with Gasteiger partial charge in [-0.3, -0.25) is 9.88 Å². The summed E-state index contributed by atoms with van der Waals surface area (Å²) in [7, 11) is 0. The molecule has 0 spiro atoms. The van der Waals surface area contributed by atoms with Crippen molar-refractivity contribution in [3.63, 3.8) is 0 Å². The Balaban J connectivity index is 0.000000878. The molecule has 2 atom stereocenters. The number of nitrogens with zero attached hydrogens (tertiary/aromatic N) is 5. The standard InChI is InChI=1S/C19H18N6.C2H6O/c1-2-25-8-5-14-15(9-20)18(23)19(11-21,12-22)17(16(14)10-25)13-3-6-24-7-4-13;1-2-3/h3-7,16-17H,2,8,10,23H2,1H3;3H,2H2,1H3. The van der Waals surface area contributed by atoms with Crippen LogP contribution >= 0.6 is 0 Å². The Morgan fingerprint density at radius 3 is 2.36 bits per heavy atom. The zero-order valence-electron chi connectivity index (χ0n) is 16.1. The van der Waals surface area contributed by atoms with Crippen LogP contribution in [0.25, 0.3) is 0 Å². The summed E-state index contributed by atoms with van der Waals surface area (Å²) in [6.07, 6.45) is 5.31. The maximum absolute atomic E-state index is 9.93. The maximum Gasteiger partial charge on any atom is 0.191 e. The fourth-order valence-corrected chi connectivity index (χ4v) is 3.94. The highest BCUT2D eigenvalue weighted by atomic mass is 16.2. The summed E-state index contributed by atoms with van der Waals surface area (Å²) >= 11 is 0. The Labute approximate surface area is 165 Å². The minimum Gasteiger partial charge on any atom is -0.399 e. The van der Waals surface area contributed by atoms with Gasteiger partial charge in [0.25, 0.3) is 0 Å². The molecule has 1 aliphatic carbocycles. The summed E-state index contributed by atoms with van der Waals surface area (Å²) in [6, 6.07) is 10.0. The Morgan fingerprint density at radius 1 is 1.25 bits per heavy atom. The van der Waals surface area contributed by atoms with Gasteiger partial charge in [-0.15, -0.1) is 0 Å². The SMILES string of the molecule is CCN1CC=C2C(C#N)=C(N)C(C#N)(C#N)C(c3ccncc3)C2C1.CCO. The van der Waals surface area contributed by atoms with Gasteiger partial charge in [0.1, 0.15) is 6.07 Å². The van der Waals surface area contributed by atoms with Crippen molar-refractivity contribution in [2.45, 2.75) is 19.8 Å². The van der Waals surface area contributed by atoms with E-state index in [4.69, 9.17) is 10.8 Å². The van der Waals surface area contributed by atoms with Crippen molar-refractivity contribution >= 4 is 0 Å². The molecule has 28 heavy (non-hydrogen) atoms. The van der Waals surface area contributed by atoms with E-state index in [1.165, 1.54) is 0 Å². The van der Waals surface area contributed by atoms with Gasteiger partial charge < -0.3 is 10.8 Å². The van der Waals surface area contributed by atoms with Crippen molar-refractivity contribution < 1.29 is 5.11 Å². The van der Waals surface area contributed by atoms with Gasteiger partial charge in [-0.2, -0.15) is 15.8 Å². The molecule has 0 fully saturated rings. The molecule has 0 radical (unpaired) electrons. The Hall–Kier alpha value is -3.18. The molecule has 7 nitrogen and oxygen atoms in total. The van der Waals surface area contributed by atoms with Gasteiger partial charge in [0.15, 0.2) is 5.41 Å². The van der Waals surface area contributed by atoms with E-state index in [-0.39, 0.29) is 23.8 Å². The van der Waals surface area contributed by atoms with Crippen LogP contribution in [0.2, 0.25) is 0 Å². The lowest BCUT2D eigenvalue weighted by atomic mass is 9.58. The fourth-order valence-electron chi connectivity index (χ4n) is 3.94. The summed E-state index contributed by atoms with van der Waals surface area (Å²) in [5.41, 5.74) is 6.71. The normalized spacial score (nSPS) is 23.1. The van der Waals surface area contributed by atoms with Crippen molar-refractivity contribution in [2.24, 2.45) is 17.1 Å². The molecule has 0 bridgehead atoms. The second kappa shape index (κ2) is 9.15. The van der Waals surface area contributed by atoms with E-state index < -0.39 is 11.3 Å². The highest BCUT2D eigenvalue weighted by molar-refractivity contribution is 5.59. The lowest BCUT2D eigenvalue weighted by molar-refractivity contribution is 0.214. The minimum atomic E-state index is -1.56. The van der Waals surface area contributed by atoms with E-state index in [2.05, 4.69) is 35.0 Å². The van der Waals surface area contributed by atoms with Gasteiger partial charge in [-0.05, 0) is 36.7 Å². The van der Waals surface area contributed by atoms with Gasteiger partial charge in [-0.1, -0.05) is 13.0 Å². The van der Waals surface area contributed by atoms with Crippen LogP contribution < -0.4 is 5.73 Å². The Bertz CT molecular complexity index is 870. The van der Waals surface area contributed by atoms with Crippen LogP contribution in [0.1, 0.15) is 25.3 Å². The van der Waals surface area contributed by atoms with Crippen LogP contribution in [0.3, 0.4) is 0 Å². The second-order valence-corrected chi connectivity index (χ2v) is 6.62. The van der Waals surface area contributed by atoms with Crippen molar-refractivity contribution in [3.05, 3.63) is 53.0 Å². The lowest BCUT2D eigenvalue weighted by Crippen LogP contribution is -2.48. The molecule has 0 saturated heterocycles. The van der Waals surface area contributed by atoms with Crippen LogP contribution in [-0.2, 0) is 0 Å². The third kappa shape index (κ3) is 3.49. The first-order valence-electron chi connectivity index (χ1n) is 9.20. The van der Waals surface area contributed by atoms with Gasteiger partial charge in [0.05, 0.1) is 23.4 Å². The maximum atomic E-state index is 9.93. The zero-order valence-corrected chi connectivity index (χ0v) is 16.1. The molecular weight excluding hydrogens is 352 g/mol. The number of allylic oxidation sites excluding steroid dienone is 2. The van der Waals surface area contributed by atoms with E-state index in [1.54, 1.807) is 19.3 Å². The first-order valence-corrected chi connectivity index (χ1v) is 9.20. The summed E-state index contributed by atoms with van der Waals surface area (Å²) in [6.45, 7) is 6.27. The highest BCUT2D eigenvalue weighted by Crippen LogP contribution is 2.53. The second-order valence-electron chi connectivity index (χ2n) is 6.62. The molecule has 1 aromatic heterocycles. The number of hydrogen-bond acceptors (Lipinski definition) is 7. The topological polar surface area (TPSA) is 134 Å². The number of aliphatic hydroxyl groups excluding tert-OH is 1. The number of nitriles is 3. The summed E-state index contributed by atoms with van der Waals surface area (Å²) < 4.78 is 0. The number of hydrogen-bond donors (Lipinski definition) is 2. The monoisotopic (exact) mass is 376 g/mol. The molecule has 7 heteroatoms. The van der Waals surface area contributed by atoms with Crippen molar-refractivity contribution in [1.82, 2.24) is 9.88 Å². The third-order valence-electron chi connectivity index (χ3n) is 5.25. The van der Waals surface area contributed by atoms with Crippen molar-refractivity contribution in [3.8, 4) is 18.2 Å². The lowest BCUT2D eigenvalue weighted by Gasteiger charge is -2.45. The molecule has 3 N–H and O–H groups in total. The summed E-state index contributed by atoms with van der Waals surface area (Å²) in [5.74, 6) is -0.583. The predicted molar refractivity (Wildman–Crippen MR) is 104 cm³/mol. The Kier molecular flexibility index (Phi) is 6.90. The van der Waals surface area contributed by atoms with Gasteiger partial charge in [0.2, 0.25) is 0 Å². The zero-order chi connectivity index (χ0) is 20.7.